The molecule has 2 aromatic rings. The standard InChI is InChI=1S/C19H24N2O2/c1-5-23-18-12-7-6-10-17(18)21-19(22)15(4)20-16-11-8-9-13(2)14(16)3/h6-12,15,20H,5H2,1-4H3,(H,21,22)/t15-/m0/s1. The van der Waals surface area contributed by atoms with Crippen molar-refractivity contribution in [3.63, 3.8) is 0 Å². The SMILES string of the molecule is CCOc1ccccc1NC(=O)[C@H](C)Nc1cccc(C)c1C. The molecule has 0 heterocycles. The van der Waals surface area contributed by atoms with Crippen LogP contribution in [-0.4, -0.2) is 18.6 Å². The van der Waals surface area contributed by atoms with E-state index in [1.54, 1.807) is 0 Å². The van der Waals surface area contributed by atoms with Crippen LogP contribution in [0.5, 0.6) is 5.75 Å². The Balaban J connectivity index is 2.07. The summed E-state index contributed by atoms with van der Waals surface area (Å²) in [6.07, 6.45) is 0. The van der Waals surface area contributed by atoms with Gasteiger partial charge >= 0.3 is 0 Å². The summed E-state index contributed by atoms with van der Waals surface area (Å²) >= 11 is 0. The van der Waals surface area contributed by atoms with E-state index in [-0.39, 0.29) is 11.9 Å². The predicted molar refractivity (Wildman–Crippen MR) is 95.2 cm³/mol. The van der Waals surface area contributed by atoms with E-state index in [4.69, 9.17) is 4.74 Å². The van der Waals surface area contributed by atoms with Crippen molar-refractivity contribution in [2.75, 3.05) is 17.2 Å². The summed E-state index contributed by atoms with van der Waals surface area (Å²) in [6.45, 7) is 8.43. The summed E-state index contributed by atoms with van der Waals surface area (Å²) in [6, 6.07) is 13.1. The third-order valence-corrected chi connectivity index (χ3v) is 3.81. The molecule has 0 saturated carbocycles. The molecule has 4 nitrogen and oxygen atoms in total. The lowest BCUT2D eigenvalue weighted by Crippen LogP contribution is -2.32. The summed E-state index contributed by atoms with van der Waals surface area (Å²) < 4.78 is 5.54. The first kappa shape index (κ1) is 16.9. The molecule has 1 atom stereocenters. The van der Waals surface area contributed by atoms with Gasteiger partial charge in [0.25, 0.3) is 0 Å². The van der Waals surface area contributed by atoms with Gasteiger partial charge in [0.1, 0.15) is 11.8 Å². The molecule has 0 saturated heterocycles. The van der Waals surface area contributed by atoms with Crippen LogP contribution in [-0.2, 0) is 4.79 Å². The van der Waals surface area contributed by atoms with Crippen LogP contribution in [0.3, 0.4) is 0 Å². The average molecular weight is 312 g/mol. The van der Waals surface area contributed by atoms with Crippen LogP contribution in [0.1, 0.15) is 25.0 Å². The first-order chi connectivity index (χ1) is 11.0. The molecular weight excluding hydrogens is 288 g/mol. The summed E-state index contributed by atoms with van der Waals surface area (Å²) in [5.74, 6) is 0.584. The summed E-state index contributed by atoms with van der Waals surface area (Å²) in [7, 11) is 0. The fourth-order valence-electron chi connectivity index (χ4n) is 2.30. The zero-order valence-corrected chi connectivity index (χ0v) is 14.1. The van der Waals surface area contributed by atoms with E-state index in [9.17, 15) is 4.79 Å². The van der Waals surface area contributed by atoms with Crippen molar-refractivity contribution in [3.05, 3.63) is 53.6 Å². The van der Waals surface area contributed by atoms with E-state index in [1.165, 1.54) is 5.56 Å². The highest BCUT2D eigenvalue weighted by atomic mass is 16.5. The molecule has 0 aliphatic heterocycles. The minimum atomic E-state index is -0.356. The maximum Gasteiger partial charge on any atom is 0.246 e. The molecule has 1 amide bonds. The van der Waals surface area contributed by atoms with Gasteiger partial charge in [-0.3, -0.25) is 4.79 Å². The van der Waals surface area contributed by atoms with Gasteiger partial charge in [-0.2, -0.15) is 0 Å². The first-order valence-corrected chi connectivity index (χ1v) is 7.88. The number of carbonyl (C=O) groups excluding carboxylic acids is 1. The van der Waals surface area contributed by atoms with Crippen LogP contribution in [0, 0.1) is 13.8 Å². The molecule has 23 heavy (non-hydrogen) atoms. The Bertz CT molecular complexity index is 683. The van der Waals surface area contributed by atoms with Crippen molar-refractivity contribution >= 4 is 17.3 Å². The number of benzene rings is 2. The van der Waals surface area contributed by atoms with Gasteiger partial charge in [-0.15, -0.1) is 0 Å². The zero-order valence-electron chi connectivity index (χ0n) is 14.1. The molecule has 0 fully saturated rings. The van der Waals surface area contributed by atoms with Crippen LogP contribution in [0.4, 0.5) is 11.4 Å². The van der Waals surface area contributed by atoms with E-state index >= 15 is 0 Å². The molecule has 0 unspecified atom stereocenters. The summed E-state index contributed by atoms with van der Waals surface area (Å²) in [4.78, 5) is 12.4. The molecule has 4 heteroatoms. The summed E-state index contributed by atoms with van der Waals surface area (Å²) in [5.41, 5.74) is 4.02. The highest BCUT2D eigenvalue weighted by Gasteiger charge is 2.15. The van der Waals surface area contributed by atoms with Crippen molar-refractivity contribution in [2.24, 2.45) is 0 Å². The monoisotopic (exact) mass is 312 g/mol. The molecule has 0 aromatic heterocycles. The molecule has 0 radical (unpaired) electrons. The predicted octanol–water partition coefficient (Wildman–Crippen LogP) is 4.14. The maximum absolute atomic E-state index is 12.4. The quantitative estimate of drug-likeness (QED) is 0.843. The Hall–Kier alpha value is -2.49. The number of aryl methyl sites for hydroxylation is 1. The van der Waals surface area contributed by atoms with Gasteiger partial charge in [0.05, 0.1) is 12.3 Å². The second-order valence-corrected chi connectivity index (χ2v) is 5.53. The second kappa shape index (κ2) is 7.68. The Morgan fingerprint density at radius 3 is 2.52 bits per heavy atom. The van der Waals surface area contributed by atoms with E-state index in [0.29, 0.717) is 18.0 Å². The van der Waals surface area contributed by atoms with Crippen molar-refractivity contribution in [1.82, 2.24) is 0 Å². The molecule has 0 aliphatic carbocycles. The minimum Gasteiger partial charge on any atom is -0.492 e. The molecule has 2 aromatic carbocycles. The number of hydrogen-bond acceptors (Lipinski definition) is 3. The number of para-hydroxylation sites is 2. The summed E-state index contributed by atoms with van der Waals surface area (Å²) in [5, 5.41) is 6.19. The average Bonchev–Trinajstić information content (AvgIpc) is 2.54. The van der Waals surface area contributed by atoms with E-state index in [2.05, 4.69) is 23.6 Å². The van der Waals surface area contributed by atoms with Gasteiger partial charge < -0.3 is 15.4 Å². The molecule has 2 N–H and O–H groups in total. The van der Waals surface area contributed by atoms with Gasteiger partial charge in [-0.1, -0.05) is 24.3 Å². The third kappa shape index (κ3) is 4.25. The minimum absolute atomic E-state index is 0.0990. The van der Waals surface area contributed by atoms with Gasteiger partial charge in [-0.05, 0) is 57.0 Å². The lowest BCUT2D eigenvalue weighted by molar-refractivity contribution is -0.116. The topological polar surface area (TPSA) is 50.4 Å². The Kier molecular flexibility index (Phi) is 5.63. The molecule has 0 aliphatic rings. The van der Waals surface area contributed by atoms with Crippen LogP contribution in [0.2, 0.25) is 0 Å². The van der Waals surface area contributed by atoms with Crippen molar-refractivity contribution in [2.45, 2.75) is 33.7 Å². The van der Waals surface area contributed by atoms with Gasteiger partial charge in [-0.25, -0.2) is 0 Å². The van der Waals surface area contributed by atoms with Crippen molar-refractivity contribution in [1.29, 1.82) is 0 Å². The number of rotatable bonds is 6. The molecule has 122 valence electrons. The van der Waals surface area contributed by atoms with Crippen LogP contribution in [0.15, 0.2) is 42.5 Å². The van der Waals surface area contributed by atoms with Crippen LogP contribution >= 0.6 is 0 Å². The number of hydrogen-bond donors (Lipinski definition) is 2. The Morgan fingerprint density at radius 2 is 1.78 bits per heavy atom. The highest BCUT2D eigenvalue weighted by molar-refractivity contribution is 5.97. The molecule has 2 rings (SSSR count). The fourth-order valence-corrected chi connectivity index (χ4v) is 2.30. The first-order valence-electron chi connectivity index (χ1n) is 7.88. The molecular formula is C19H24N2O2. The lowest BCUT2D eigenvalue weighted by Gasteiger charge is -2.18. The number of carbonyl (C=O) groups is 1. The van der Waals surface area contributed by atoms with Crippen molar-refractivity contribution in [3.8, 4) is 5.75 Å². The maximum atomic E-state index is 12.4. The Labute approximate surface area is 137 Å². The zero-order chi connectivity index (χ0) is 16.8. The van der Waals surface area contributed by atoms with Gasteiger partial charge in [0.2, 0.25) is 5.91 Å². The van der Waals surface area contributed by atoms with Crippen molar-refractivity contribution < 1.29 is 9.53 Å². The normalized spacial score (nSPS) is 11.7. The smallest absolute Gasteiger partial charge is 0.246 e. The highest BCUT2D eigenvalue weighted by Crippen LogP contribution is 2.24. The van der Waals surface area contributed by atoms with Gasteiger partial charge in [0, 0.05) is 5.69 Å². The second-order valence-electron chi connectivity index (χ2n) is 5.53. The van der Waals surface area contributed by atoms with Gasteiger partial charge in [0.15, 0.2) is 0 Å². The van der Waals surface area contributed by atoms with E-state index < -0.39 is 0 Å². The molecule has 0 bridgehead atoms. The largest absolute Gasteiger partial charge is 0.492 e. The van der Waals surface area contributed by atoms with Crippen LogP contribution in [0.25, 0.3) is 0 Å². The fraction of sp³-hybridized carbons (Fsp3) is 0.316. The number of nitrogens with one attached hydrogen (secondary N) is 2. The van der Waals surface area contributed by atoms with Crippen LogP contribution < -0.4 is 15.4 Å². The number of ether oxygens (including phenoxy) is 1. The van der Waals surface area contributed by atoms with E-state index in [0.717, 1.165) is 11.3 Å². The Morgan fingerprint density at radius 1 is 1.09 bits per heavy atom. The third-order valence-electron chi connectivity index (χ3n) is 3.81. The lowest BCUT2D eigenvalue weighted by atomic mass is 10.1. The molecule has 0 spiro atoms. The number of amides is 1. The van der Waals surface area contributed by atoms with E-state index in [1.807, 2.05) is 57.2 Å². The number of anilines is 2.